The fourth-order valence-electron chi connectivity index (χ4n) is 2.71. The summed E-state index contributed by atoms with van der Waals surface area (Å²) in [5.41, 5.74) is 2.30. The molecular weight excluding hydrogens is 342 g/mol. The second-order valence-electron chi connectivity index (χ2n) is 5.62. The largest absolute Gasteiger partial charge is 0.508 e. The molecule has 0 bridgehead atoms. The Morgan fingerprint density at radius 2 is 2.00 bits per heavy atom. The van der Waals surface area contributed by atoms with E-state index in [1.807, 2.05) is 19.1 Å². The first-order chi connectivity index (χ1) is 12.0. The molecule has 0 aliphatic carbocycles. The van der Waals surface area contributed by atoms with Gasteiger partial charge in [-0.3, -0.25) is 0 Å². The highest BCUT2D eigenvalue weighted by molar-refractivity contribution is 6.32. The molecule has 0 aliphatic heterocycles. The summed E-state index contributed by atoms with van der Waals surface area (Å²) in [7, 11) is 1.56. The third-order valence-electron chi connectivity index (χ3n) is 4.05. The average molecular weight is 360 g/mol. The third-order valence-corrected chi connectivity index (χ3v) is 4.34. The molecule has 1 aromatic heterocycles. The lowest BCUT2D eigenvalue weighted by Gasteiger charge is -2.11. The number of phenols is 1. The zero-order chi connectivity index (χ0) is 18.0. The normalized spacial score (nSPS) is 10.8. The molecule has 2 N–H and O–H groups in total. The molecule has 0 spiro atoms. The van der Waals surface area contributed by atoms with Crippen LogP contribution in [-0.4, -0.2) is 12.2 Å². The number of aryl methyl sites for hydroxylation is 1. The van der Waals surface area contributed by atoms with E-state index >= 15 is 0 Å². The average Bonchev–Trinajstić information content (AvgIpc) is 2.59. The van der Waals surface area contributed by atoms with E-state index in [1.165, 1.54) is 12.1 Å². The maximum absolute atomic E-state index is 11.8. The first-order valence-electron chi connectivity index (χ1n) is 7.88. The number of aromatic hydroxyl groups is 1. The molecule has 6 heteroatoms. The number of ether oxygens (including phenoxy) is 1. The number of hydrogen-bond acceptors (Lipinski definition) is 5. The van der Waals surface area contributed by atoms with E-state index in [-0.39, 0.29) is 5.75 Å². The van der Waals surface area contributed by atoms with Gasteiger partial charge in [0.15, 0.2) is 0 Å². The van der Waals surface area contributed by atoms with E-state index in [1.54, 1.807) is 19.2 Å². The van der Waals surface area contributed by atoms with Crippen LogP contribution in [0.1, 0.15) is 18.1 Å². The van der Waals surface area contributed by atoms with E-state index in [0.717, 1.165) is 22.2 Å². The number of nitrogens with one attached hydrogen (secondary N) is 1. The molecule has 25 heavy (non-hydrogen) atoms. The van der Waals surface area contributed by atoms with Crippen LogP contribution in [0.25, 0.3) is 11.0 Å². The molecule has 130 valence electrons. The van der Waals surface area contributed by atoms with Gasteiger partial charge in [-0.25, -0.2) is 4.79 Å². The van der Waals surface area contributed by atoms with Crippen LogP contribution in [0.5, 0.6) is 11.5 Å². The number of anilines is 1. The topological polar surface area (TPSA) is 71.7 Å². The third kappa shape index (κ3) is 3.56. The van der Waals surface area contributed by atoms with Gasteiger partial charge in [-0.05, 0) is 41.8 Å². The maximum Gasteiger partial charge on any atom is 0.336 e. The molecule has 3 rings (SSSR count). The monoisotopic (exact) mass is 359 g/mol. The van der Waals surface area contributed by atoms with Gasteiger partial charge in [0.1, 0.15) is 17.1 Å². The van der Waals surface area contributed by atoms with Gasteiger partial charge in [0.25, 0.3) is 0 Å². The summed E-state index contributed by atoms with van der Waals surface area (Å²) in [6, 6.07) is 10.2. The first-order valence-corrected chi connectivity index (χ1v) is 8.25. The molecule has 0 amide bonds. The second kappa shape index (κ2) is 7.07. The van der Waals surface area contributed by atoms with Gasteiger partial charge in [-0.2, -0.15) is 0 Å². The number of benzene rings is 2. The lowest BCUT2D eigenvalue weighted by atomic mass is 10.0. The lowest BCUT2D eigenvalue weighted by molar-refractivity contribution is 0.415. The molecule has 0 radical (unpaired) electrons. The Morgan fingerprint density at radius 3 is 2.68 bits per heavy atom. The molecule has 0 atom stereocenters. The number of phenolic OH excluding ortho intramolecular Hbond substituents is 1. The van der Waals surface area contributed by atoms with Gasteiger partial charge in [0, 0.05) is 29.8 Å². The van der Waals surface area contributed by atoms with Crippen molar-refractivity contribution < 1.29 is 14.3 Å². The van der Waals surface area contributed by atoms with Gasteiger partial charge >= 0.3 is 5.63 Å². The fourth-order valence-corrected chi connectivity index (χ4v) is 2.97. The van der Waals surface area contributed by atoms with Crippen LogP contribution in [0.3, 0.4) is 0 Å². The Morgan fingerprint density at radius 1 is 1.20 bits per heavy atom. The number of rotatable bonds is 5. The predicted molar refractivity (Wildman–Crippen MR) is 98.9 cm³/mol. The zero-order valence-electron chi connectivity index (χ0n) is 13.9. The highest BCUT2D eigenvalue weighted by atomic mass is 35.5. The maximum atomic E-state index is 11.8. The van der Waals surface area contributed by atoms with Crippen molar-refractivity contribution in [3.8, 4) is 11.5 Å². The number of halogens is 1. The molecule has 1 heterocycles. The smallest absolute Gasteiger partial charge is 0.336 e. The van der Waals surface area contributed by atoms with Crippen LogP contribution in [0.2, 0.25) is 5.02 Å². The van der Waals surface area contributed by atoms with Gasteiger partial charge in [-0.1, -0.05) is 18.5 Å². The van der Waals surface area contributed by atoms with Crippen LogP contribution < -0.4 is 15.7 Å². The summed E-state index contributed by atoms with van der Waals surface area (Å²) in [6.45, 7) is 2.37. The Kier molecular flexibility index (Phi) is 4.86. The Bertz CT molecular complexity index is 981. The number of fused-ring (bicyclic) bond motifs is 1. The van der Waals surface area contributed by atoms with Crippen molar-refractivity contribution in [1.82, 2.24) is 0 Å². The minimum atomic E-state index is -0.458. The highest BCUT2D eigenvalue weighted by Crippen LogP contribution is 2.29. The number of methoxy groups -OCH3 is 1. The van der Waals surface area contributed by atoms with Crippen molar-refractivity contribution in [3.05, 3.63) is 63.0 Å². The first kappa shape index (κ1) is 17.2. The highest BCUT2D eigenvalue weighted by Gasteiger charge is 2.10. The summed E-state index contributed by atoms with van der Waals surface area (Å²) in [5.74, 6) is 0.728. The standard InChI is InChI=1S/C19H18ClNO4/c1-3-11-6-14-12(7-19(23)25-18(14)9-16(11)22)10-21-13-4-5-17(24-2)15(20)8-13/h4-9,21-22H,3,10H2,1-2H3. The lowest BCUT2D eigenvalue weighted by Crippen LogP contribution is -2.06. The Balaban J connectivity index is 1.95. The molecular formula is C19H18ClNO4. The van der Waals surface area contributed by atoms with E-state index < -0.39 is 5.63 Å². The minimum Gasteiger partial charge on any atom is -0.508 e. The fraction of sp³-hybridized carbons (Fsp3) is 0.211. The summed E-state index contributed by atoms with van der Waals surface area (Å²) in [4.78, 5) is 11.8. The van der Waals surface area contributed by atoms with Crippen LogP contribution in [0, 0.1) is 0 Å². The van der Waals surface area contributed by atoms with Crippen molar-refractivity contribution in [2.75, 3.05) is 12.4 Å². The van der Waals surface area contributed by atoms with Crippen LogP contribution in [-0.2, 0) is 13.0 Å². The number of hydrogen-bond donors (Lipinski definition) is 2. The molecule has 0 saturated heterocycles. The summed E-state index contributed by atoms with van der Waals surface area (Å²) in [6.07, 6.45) is 0.682. The summed E-state index contributed by atoms with van der Waals surface area (Å²) >= 11 is 6.13. The molecule has 2 aromatic carbocycles. The molecule has 5 nitrogen and oxygen atoms in total. The van der Waals surface area contributed by atoms with Crippen molar-refractivity contribution >= 4 is 28.3 Å². The van der Waals surface area contributed by atoms with Gasteiger partial charge in [0.2, 0.25) is 0 Å². The van der Waals surface area contributed by atoms with Crippen molar-refractivity contribution in [2.24, 2.45) is 0 Å². The van der Waals surface area contributed by atoms with E-state index in [4.69, 9.17) is 20.8 Å². The van der Waals surface area contributed by atoms with Crippen LogP contribution in [0.15, 0.2) is 45.6 Å². The molecule has 0 saturated carbocycles. The second-order valence-corrected chi connectivity index (χ2v) is 6.03. The predicted octanol–water partition coefficient (Wildman–Crippen LogP) is 4.34. The van der Waals surface area contributed by atoms with Gasteiger partial charge in [0.05, 0.1) is 12.1 Å². The van der Waals surface area contributed by atoms with Crippen molar-refractivity contribution in [2.45, 2.75) is 19.9 Å². The van der Waals surface area contributed by atoms with Gasteiger partial charge < -0.3 is 19.6 Å². The van der Waals surface area contributed by atoms with E-state index in [0.29, 0.717) is 29.3 Å². The van der Waals surface area contributed by atoms with Crippen LogP contribution in [0.4, 0.5) is 5.69 Å². The molecule has 0 fully saturated rings. The quantitative estimate of drug-likeness (QED) is 0.663. The molecule has 0 aliphatic rings. The Labute approximate surface area is 149 Å². The minimum absolute atomic E-state index is 0.130. The van der Waals surface area contributed by atoms with E-state index in [2.05, 4.69) is 5.32 Å². The summed E-state index contributed by atoms with van der Waals surface area (Å²) in [5, 5.41) is 14.5. The van der Waals surface area contributed by atoms with Gasteiger partial charge in [-0.15, -0.1) is 0 Å². The zero-order valence-corrected chi connectivity index (χ0v) is 14.7. The van der Waals surface area contributed by atoms with Crippen LogP contribution >= 0.6 is 11.6 Å². The SMILES string of the molecule is CCc1cc2c(CNc3ccc(OC)c(Cl)c3)cc(=O)oc2cc1O. The van der Waals surface area contributed by atoms with Crippen molar-refractivity contribution in [3.63, 3.8) is 0 Å². The molecule has 0 unspecified atom stereocenters. The summed E-state index contributed by atoms with van der Waals surface area (Å²) < 4.78 is 10.3. The van der Waals surface area contributed by atoms with E-state index in [9.17, 15) is 9.90 Å². The van der Waals surface area contributed by atoms with Crippen molar-refractivity contribution in [1.29, 1.82) is 0 Å². The Hall–Kier alpha value is -2.66. The molecule has 3 aromatic rings.